The SMILES string of the molecule is COc1ccc(-c2cc(N3CCCN(C(=O)c4ccc(C(C)(C)C)cc4)CC3)n[nH]2)cc1. The molecule has 0 bridgehead atoms. The van der Waals surface area contributed by atoms with Gasteiger partial charge in [-0.3, -0.25) is 9.89 Å². The second-order valence-electron chi connectivity index (χ2n) is 9.33. The number of hydrogen-bond donors (Lipinski definition) is 1. The number of methoxy groups -OCH3 is 1. The molecular formula is C26H32N4O2. The molecule has 6 heteroatoms. The van der Waals surface area contributed by atoms with Crippen LogP contribution in [0.1, 0.15) is 43.1 Å². The van der Waals surface area contributed by atoms with Crippen LogP contribution in [0.4, 0.5) is 5.82 Å². The predicted molar refractivity (Wildman–Crippen MR) is 128 cm³/mol. The minimum Gasteiger partial charge on any atom is -0.497 e. The van der Waals surface area contributed by atoms with Crippen molar-refractivity contribution in [3.8, 4) is 17.0 Å². The van der Waals surface area contributed by atoms with Gasteiger partial charge in [0.05, 0.1) is 12.8 Å². The van der Waals surface area contributed by atoms with Crippen LogP contribution >= 0.6 is 0 Å². The molecule has 0 radical (unpaired) electrons. The summed E-state index contributed by atoms with van der Waals surface area (Å²) in [6.07, 6.45) is 0.913. The van der Waals surface area contributed by atoms with E-state index in [1.165, 1.54) is 5.56 Å². The molecular weight excluding hydrogens is 400 g/mol. The van der Waals surface area contributed by atoms with Crippen molar-refractivity contribution in [1.82, 2.24) is 15.1 Å². The van der Waals surface area contributed by atoms with Crippen LogP contribution in [0.2, 0.25) is 0 Å². The smallest absolute Gasteiger partial charge is 0.253 e. The lowest BCUT2D eigenvalue weighted by atomic mass is 9.86. The molecule has 0 unspecified atom stereocenters. The van der Waals surface area contributed by atoms with Gasteiger partial charge in [-0.05, 0) is 59.4 Å². The number of ether oxygens (including phenoxy) is 1. The summed E-state index contributed by atoms with van der Waals surface area (Å²) in [5, 5.41) is 7.67. The molecule has 1 amide bonds. The zero-order valence-electron chi connectivity index (χ0n) is 19.4. The highest BCUT2D eigenvalue weighted by Gasteiger charge is 2.22. The fourth-order valence-corrected chi connectivity index (χ4v) is 4.04. The number of benzene rings is 2. The third-order valence-electron chi connectivity index (χ3n) is 6.07. The second kappa shape index (κ2) is 9.07. The van der Waals surface area contributed by atoms with Crippen LogP contribution in [-0.2, 0) is 5.41 Å². The second-order valence-corrected chi connectivity index (χ2v) is 9.33. The van der Waals surface area contributed by atoms with E-state index in [0.29, 0.717) is 6.54 Å². The summed E-state index contributed by atoms with van der Waals surface area (Å²) in [6, 6.07) is 18.1. The highest BCUT2D eigenvalue weighted by Crippen LogP contribution is 2.25. The molecule has 2 aromatic carbocycles. The third-order valence-corrected chi connectivity index (χ3v) is 6.07. The number of aromatic amines is 1. The summed E-state index contributed by atoms with van der Waals surface area (Å²) in [6.45, 7) is 9.63. The number of carbonyl (C=O) groups is 1. The molecule has 0 aliphatic carbocycles. The molecule has 1 saturated heterocycles. The number of rotatable bonds is 4. The van der Waals surface area contributed by atoms with Crippen LogP contribution in [0, 0.1) is 0 Å². The van der Waals surface area contributed by atoms with Crippen LogP contribution in [0.15, 0.2) is 54.6 Å². The normalized spacial score (nSPS) is 14.9. The van der Waals surface area contributed by atoms with Gasteiger partial charge in [-0.15, -0.1) is 0 Å². The molecule has 0 spiro atoms. The molecule has 2 heterocycles. The van der Waals surface area contributed by atoms with E-state index in [4.69, 9.17) is 4.74 Å². The topological polar surface area (TPSA) is 61.5 Å². The number of aromatic nitrogens is 2. The maximum absolute atomic E-state index is 13.1. The third kappa shape index (κ3) is 4.79. The summed E-state index contributed by atoms with van der Waals surface area (Å²) in [4.78, 5) is 17.3. The Kier molecular flexibility index (Phi) is 6.21. The minimum atomic E-state index is 0.0823. The van der Waals surface area contributed by atoms with Gasteiger partial charge in [-0.2, -0.15) is 5.10 Å². The Morgan fingerprint density at radius 2 is 1.69 bits per heavy atom. The summed E-state index contributed by atoms with van der Waals surface area (Å²) >= 11 is 0. The maximum Gasteiger partial charge on any atom is 0.253 e. The van der Waals surface area contributed by atoms with E-state index in [0.717, 1.165) is 54.4 Å². The van der Waals surface area contributed by atoms with Crippen molar-refractivity contribution in [3.05, 3.63) is 65.7 Å². The molecule has 32 heavy (non-hydrogen) atoms. The monoisotopic (exact) mass is 432 g/mol. The Balaban J connectivity index is 1.41. The zero-order valence-corrected chi connectivity index (χ0v) is 19.4. The summed E-state index contributed by atoms with van der Waals surface area (Å²) in [7, 11) is 1.66. The number of nitrogens with one attached hydrogen (secondary N) is 1. The molecule has 0 atom stereocenters. The Labute approximate surface area is 190 Å². The standard InChI is InChI=1S/C26H32N4O2/c1-26(2,3)21-10-6-20(7-11-21)25(31)30-15-5-14-29(16-17-30)24-18-23(27-28-24)19-8-12-22(32-4)13-9-19/h6-13,18H,5,14-17H2,1-4H3,(H,27,28). The van der Waals surface area contributed by atoms with Crippen molar-refractivity contribution in [3.63, 3.8) is 0 Å². The summed E-state index contributed by atoms with van der Waals surface area (Å²) in [5.74, 6) is 1.85. The molecule has 168 valence electrons. The fraction of sp³-hybridized carbons (Fsp3) is 0.385. The Hall–Kier alpha value is -3.28. The van der Waals surface area contributed by atoms with Crippen LogP contribution in [0.25, 0.3) is 11.3 Å². The highest BCUT2D eigenvalue weighted by atomic mass is 16.5. The van der Waals surface area contributed by atoms with Gasteiger partial charge in [-0.25, -0.2) is 0 Å². The van der Waals surface area contributed by atoms with Crippen molar-refractivity contribution < 1.29 is 9.53 Å². The van der Waals surface area contributed by atoms with Gasteiger partial charge in [0.25, 0.3) is 5.91 Å². The zero-order chi connectivity index (χ0) is 22.7. The molecule has 1 aromatic heterocycles. The van der Waals surface area contributed by atoms with E-state index in [9.17, 15) is 4.79 Å². The molecule has 1 aliphatic rings. The lowest BCUT2D eigenvalue weighted by Crippen LogP contribution is -2.35. The van der Waals surface area contributed by atoms with Crippen molar-refractivity contribution in [2.24, 2.45) is 0 Å². The first-order chi connectivity index (χ1) is 15.3. The highest BCUT2D eigenvalue weighted by molar-refractivity contribution is 5.94. The van der Waals surface area contributed by atoms with Gasteiger partial charge in [0.2, 0.25) is 0 Å². The molecule has 1 fully saturated rings. The first-order valence-corrected chi connectivity index (χ1v) is 11.2. The summed E-state index contributed by atoms with van der Waals surface area (Å²) in [5.41, 5.74) is 4.11. The van der Waals surface area contributed by atoms with Gasteiger partial charge in [0, 0.05) is 37.8 Å². The minimum absolute atomic E-state index is 0.0823. The molecule has 0 saturated carbocycles. The maximum atomic E-state index is 13.1. The average molecular weight is 433 g/mol. The van der Waals surface area contributed by atoms with Crippen LogP contribution in [0.5, 0.6) is 5.75 Å². The number of nitrogens with zero attached hydrogens (tertiary/aromatic N) is 3. The van der Waals surface area contributed by atoms with Gasteiger partial charge in [-0.1, -0.05) is 32.9 Å². The van der Waals surface area contributed by atoms with E-state index in [1.807, 2.05) is 41.3 Å². The predicted octanol–water partition coefficient (Wildman–Crippen LogP) is 4.74. The molecule has 1 N–H and O–H groups in total. The molecule has 1 aliphatic heterocycles. The van der Waals surface area contributed by atoms with Crippen molar-refractivity contribution in [2.45, 2.75) is 32.6 Å². The number of anilines is 1. The van der Waals surface area contributed by atoms with E-state index in [-0.39, 0.29) is 11.3 Å². The van der Waals surface area contributed by atoms with Crippen LogP contribution < -0.4 is 9.64 Å². The van der Waals surface area contributed by atoms with Crippen molar-refractivity contribution in [2.75, 3.05) is 38.2 Å². The summed E-state index contributed by atoms with van der Waals surface area (Å²) < 4.78 is 5.23. The van der Waals surface area contributed by atoms with Gasteiger partial charge >= 0.3 is 0 Å². The molecule has 4 rings (SSSR count). The molecule has 6 nitrogen and oxygen atoms in total. The number of amides is 1. The van der Waals surface area contributed by atoms with Crippen LogP contribution in [0.3, 0.4) is 0 Å². The largest absolute Gasteiger partial charge is 0.497 e. The number of H-pyrrole nitrogens is 1. The first kappa shape index (κ1) is 21.9. The van der Waals surface area contributed by atoms with Crippen molar-refractivity contribution >= 4 is 11.7 Å². The van der Waals surface area contributed by atoms with E-state index in [1.54, 1.807) is 7.11 Å². The number of hydrogen-bond acceptors (Lipinski definition) is 4. The van der Waals surface area contributed by atoms with Crippen molar-refractivity contribution in [1.29, 1.82) is 0 Å². The van der Waals surface area contributed by atoms with Gasteiger partial charge in [0.1, 0.15) is 5.75 Å². The Morgan fingerprint density at radius 3 is 2.34 bits per heavy atom. The number of carbonyl (C=O) groups excluding carboxylic acids is 1. The fourth-order valence-electron chi connectivity index (χ4n) is 4.04. The van der Waals surface area contributed by atoms with Crippen LogP contribution in [-0.4, -0.2) is 54.3 Å². The average Bonchev–Trinajstić information content (AvgIpc) is 3.16. The lowest BCUT2D eigenvalue weighted by Gasteiger charge is -2.23. The van der Waals surface area contributed by atoms with E-state index >= 15 is 0 Å². The van der Waals surface area contributed by atoms with Gasteiger partial charge < -0.3 is 14.5 Å². The Morgan fingerprint density at radius 1 is 0.969 bits per heavy atom. The Bertz CT molecular complexity index is 1050. The quantitative estimate of drug-likeness (QED) is 0.647. The van der Waals surface area contributed by atoms with Gasteiger partial charge in [0.15, 0.2) is 5.82 Å². The molecule has 3 aromatic rings. The lowest BCUT2D eigenvalue weighted by molar-refractivity contribution is 0.0767. The van der Waals surface area contributed by atoms with E-state index < -0.39 is 0 Å². The van der Waals surface area contributed by atoms with E-state index in [2.05, 4.69) is 54.1 Å². The first-order valence-electron chi connectivity index (χ1n) is 11.2.